The molecule has 1 aromatic carbocycles. The number of esters is 1. The Labute approximate surface area is 176 Å². The molecule has 0 fully saturated rings. The highest BCUT2D eigenvalue weighted by Gasteiger charge is 2.13. The summed E-state index contributed by atoms with van der Waals surface area (Å²) in [5, 5.41) is 7.38. The van der Waals surface area contributed by atoms with Crippen LogP contribution in [0.25, 0.3) is 9.88 Å². The number of ether oxygens (including phenoxy) is 3. The maximum Gasteiger partial charge on any atom is 0.312 e. The molecule has 0 spiro atoms. The third-order valence-corrected chi connectivity index (χ3v) is 5.84. The highest BCUT2D eigenvalue weighted by molar-refractivity contribution is 7.20. The summed E-state index contributed by atoms with van der Waals surface area (Å²) in [7, 11) is 3.10. The Kier molecular flexibility index (Phi) is 7.20. The standard InChI is InChI=1S/C20H20N2O5S2/c1-25-15-6-5-13(8-16(15)26-2)10-21-18(23)11-27-19(24)9-14-12-29-20(22-14)17-4-3-7-28-17/h3-8,12H,9-11H2,1-2H3,(H,21,23). The monoisotopic (exact) mass is 432 g/mol. The number of thiazole rings is 1. The van der Waals surface area contributed by atoms with Crippen molar-refractivity contribution in [3.05, 3.63) is 52.3 Å². The zero-order chi connectivity index (χ0) is 20.6. The lowest BCUT2D eigenvalue weighted by Gasteiger charge is -2.10. The van der Waals surface area contributed by atoms with Crippen molar-refractivity contribution in [1.82, 2.24) is 10.3 Å². The molecule has 0 saturated heterocycles. The van der Waals surface area contributed by atoms with E-state index in [1.807, 2.05) is 29.0 Å². The number of rotatable bonds is 9. The number of amides is 1. The van der Waals surface area contributed by atoms with Gasteiger partial charge in [0.25, 0.3) is 5.91 Å². The largest absolute Gasteiger partial charge is 0.493 e. The Hall–Kier alpha value is -2.91. The van der Waals surface area contributed by atoms with Crippen LogP contribution < -0.4 is 14.8 Å². The van der Waals surface area contributed by atoms with Crippen LogP contribution in [-0.4, -0.2) is 37.7 Å². The SMILES string of the molecule is COc1ccc(CNC(=O)COC(=O)Cc2csc(-c3cccs3)n2)cc1OC. The van der Waals surface area contributed by atoms with Crippen LogP contribution in [0.1, 0.15) is 11.3 Å². The second-order valence-electron chi connectivity index (χ2n) is 5.92. The van der Waals surface area contributed by atoms with E-state index in [0.29, 0.717) is 17.2 Å². The summed E-state index contributed by atoms with van der Waals surface area (Å²) in [6.07, 6.45) is 0.0326. The lowest BCUT2D eigenvalue weighted by atomic mass is 10.2. The Morgan fingerprint density at radius 3 is 2.66 bits per heavy atom. The van der Waals surface area contributed by atoms with Gasteiger partial charge in [-0.05, 0) is 29.1 Å². The molecule has 29 heavy (non-hydrogen) atoms. The first-order valence-corrected chi connectivity index (χ1v) is 10.5. The molecule has 7 nitrogen and oxygen atoms in total. The molecule has 1 N–H and O–H groups in total. The number of hydrogen-bond acceptors (Lipinski definition) is 8. The van der Waals surface area contributed by atoms with Gasteiger partial charge in [0, 0.05) is 11.9 Å². The number of carbonyl (C=O) groups excluding carboxylic acids is 2. The number of nitrogens with one attached hydrogen (secondary N) is 1. The van der Waals surface area contributed by atoms with E-state index >= 15 is 0 Å². The molecule has 0 aliphatic rings. The van der Waals surface area contributed by atoms with E-state index in [4.69, 9.17) is 14.2 Å². The lowest BCUT2D eigenvalue weighted by molar-refractivity contribution is -0.147. The zero-order valence-corrected chi connectivity index (χ0v) is 17.6. The maximum atomic E-state index is 12.0. The number of methoxy groups -OCH3 is 2. The van der Waals surface area contributed by atoms with Gasteiger partial charge in [-0.3, -0.25) is 9.59 Å². The van der Waals surface area contributed by atoms with Crippen LogP contribution in [-0.2, 0) is 27.3 Å². The second-order valence-corrected chi connectivity index (χ2v) is 7.73. The molecule has 0 aliphatic heterocycles. The van der Waals surface area contributed by atoms with Crippen LogP contribution in [0.15, 0.2) is 41.1 Å². The third kappa shape index (κ3) is 5.78. The van der Waals surface area contributed by atoms with Crippen molar-refractivity contribution in [3.63, 3.8) is 0 Å². The smallest absolute Gasteiger partial charge is 0.312 e. The number of carbonyl (C=O) groups is 2. The number of hydrogen-bond donors (Lipinski definition) is 1. The van der Waals surface area contributed by atoms with Crippen LogP contribution in [0.2, 0.25) is 0 Å². The van der Waals surface area contributed by atoms with E-state index in [1.165, 1.54) is 11.3 Å². The van der Waals surface area contributed by atoms with Gasteiger partial charge in [0.05, 0.1) is 31.2 Å². The first-order chi connectivity index (χ1) is 14.1. The van der Waals surface area contributed by atoms with Crippen LogP contribution in [0.4, 0.5) is 0 Å². The van der Waals surface area contributed by atoms with E-state index in [9.17, 15) is 9.59 Å². The van der Waals surface area contributed by atoms with Crippen molar-refractivity contribution in [2.45, 2.75) is 13.0 Å². The summed E-state index contributed by atoms with van der Waals surface area (Å²) in [6, 6.07) is 9.29. The van der Waals surface area contributed by atoms with Gasteiger partial charge in [-0.2, -0.15) is 0 Å². The van der Waals surface area contributed by atoms with Gasteiger partial charge in [0.15, 0.2) is 18.1 Å². The summed E-state index contributed by atoms with van der Waals surface area (Å²) >= 11 is 3.07. The molecule has 9 heteroatoms. The number of benzene rings is 1. The summed E-state index contributed by atoms with van der Waals surface area (Å²) in [6.45, 7) is -0.0545. The van der Waals surface area contributed by atoms with E-state index in [-0.39, 0.29) is 25.5 Å². The minimum atomic E-state index is -0.491. The van der Waals surface area contributed by atoms with Gasteiger partial charge < -0.3 is 19.5 Å². The second kappa shape index (κ2) is 10.0. The fourth-order valence-corrected chi connectivity index (χ4v) is 4.12. The fraction of sp³-hybridized carbons (Fsp3) is 0.250. The molecular formula is C20H20N2O5S2. The van der Waals surface area contributed by atoms with Gasteiger partial charge in [0.2, 0.25) is 0 Å². The number of thiophene rings is 1. The fourth-order valence-electron chi connectivity index (χ4n) is 2.49. The predicted molar refractivity (Wildman–Crippen MR) is 111 cm³/mol. The molecule has 0 bridgehead atoms. The van der Waals surface area contributed by atoms with Crippen molar-refractivity contribution < 1.29 is 23.8 Å². The molecule has 1 amide bonds. The highest BCUT2D eigenvalue weighted by atomic mass is 32.1. The molecule has 0 radical (unpaired) electrons. The quantitative estimate of drug-likeness (QED) is 0.522. The van der Waals surface area contributed by atoms with Crippen molar-refractivity contribution >= 4 is 34.6 Å². The van der Waals surface area contributed by atoms with Crippen molar-refractivity contribution in [1.29, 1.82) is 0 Å². The summed E-state index contributed by atoms with van der Waals surface area (Å²) in [4.78, 5) is 29.4. The number of aromatic nitrogens is 1. The van der Waals surface area contributed by atoms with Crippen LogP contribution >= 0.6 is 22.7 Å². The van der Waals surface area contributed by atoms with Gasteiger partial charge in [-0.25, -0.2) is 4.98 Å². The van der Waals surface area contributed by atoms with E-state index in [0.717, 1.165) is 15.4 Å². The molecule has 0 aliphatic carbocycles. The first kappa shape index (κ1) is 20.8. The van der Waals surface area contributed by atoms with Crippen LogP contribution in [0, 0.1) is 0 Å². The Bertz CT molecular complexity index is 969. The molecule has 0 saturated carbocycles. The average molecular weight is 433 g/mol. The molecule has 3 aromatic rings. The van der Waals surface area contributed by atoms with Gasteiger partial charge >= 0.3 is 5.97 Å². The molecule has 2 aromatic heterocycles. The van der Waals surface area contributed by atoms with Gasteiger partial charge in [-0.15, -0.1) is 22.7 Å². The molecule has 0 atom stereocenters. The van der Waals surface area contributed by atoms with E-state index in [1.54, 1.807) is 37.7 Å². The molecule has 0 unspecified atom stereocenters. The van der Waals surface area contributed by atoms with Gasteiger partial charge in [0.1, 0.15) is 5.01 Å². The van der Waals surface area contributed by atoms with Gasteiger partial charge in [-0.1, -0.05) is 12.1 Å². The summed E-state index contributed by atoms with van der Waals surface area (Å²) in [5.74, 6) is 0.316. The summed E-state index contributed by atoms with van der Waals surface area (Å²) in [5.41, 5.74) is 1.47. The molecule has 3 rings (SSSR count). The zero-order valence-electron chi connectivity index (χ0n) is 16.0. The van der Waals surface area contributed by atoms with E-state index < -0.39 is 5.97 Å². The molecule has 152 valence electrons. The average Bonchev–Trinajstić information content (AvgIpc) is 3.42. The first-order valence-electron chi connectivity index (χ1n) is 8.70. The Balaban J connectivity index is 1.43. The third-order valence-electron chi connectivity index (χ3n) is 3.91. The lowest BCUT2D eigenvalue weighted by Crippen LogP contribution is -2.28. The van der Waals surface area contributed by atoms with Crippen molar-refractivity contribution in [3.8, 4) is 21.4 Å². The minimum Gasteiger partial charge on any atom is -0.493 e. The van der Waals surface area contributed by atoms with Crippen molar-refractivity contribution in [2.75, 3.05) is 20.8 Å². The topological polar surface area (TPSA) is 86.8 Å². The minimum absolute atomic E-state index is 0.0326. The maximum absolute atomic E-state index is 12.0. The Morgan fingerprint density at radius 2 is 1.93 bits per heavy atom. The van der Waals surface area contributed by atoms with Crippen LogP contribution in [0.3, 0.4) is 0 Å². The summed E-state index contributed by atoms with van der Waals surface area (Å²) < 4.78 is 15.5. The van der Waals surface area contributed by atoms with Crippen LogP contribution in [0.5, 0.6) is 11.5 Å². The van der Waals surface area contributed by atoms with Crippen molar-refractivity contribution in [2.24, 2.45) is 0 Å². The molecular weight excluding hydrogens is 412 g/mol. The highest BCUT2D eigenvalue weighted by Crippen LogP contribution is 2.28. The normalized spacial score (nSPS) is 10.4. The molecule has 2 heterocycles. The number of nitrogens with zero attached hydrogens (tertiary/aromatic N) is 1. The Morgan fingerprint density at radius 1 is 1.10 bits per heavy atom. The predicted octanol–water partition coefficient (Wildman–Crippen LogP) is 3.29. The van der Waals surface area contributed by atoms with E-state index in [2.05, 4.69) is 10.3 Å².